The molecule has 2 aromatic carbocycles. The number of hydrazone groups is 1. The molecule has 5 nitrogen and oxygen atoms in total. The maximum Gasteiger partial charge on any atom is 0.276 e. The Morgan fingerprint density at radius 2 is 1.86 bits per heavy atom. The maximum atomic E-state index is 12.1. The van der Waals surface area contributed by atoms with Crippen LogP contribution in [0.25, 0.3) is 0 Å². The molecule has 2 rings (SSSR count). The number of aryl methyl sites for hydroxylation is 1. The van der Waals surface area contributed by atoms with Crippen LogP contribution in [0.15, 0.2) is 56.9 Å². The Morgan fingerprint density at radius 3 is 2.45 bits per heavy atom. The van der Waals surface area contributed by atoms with Crippen LogP contribution in [-0.2, 0) is 10.0 Å². The highest BCUT2D eigenvalue weighted by molar-refractivity contribution is 9.10. The second-order valence-electron chi connectivity index (χ2n) is 4.55. The minimum atomic E-state index is -3.66. The molecule has 0 aromatic heterocycles. The molecule has 0 fully saturated rings. The van der Waals surface area contributed by atoms with E-state index < -0.39 is 10.0 Å². The normalized spacial score (nSPS) is 11.6. The van der Waals surface area contributed by atoms with Gasteiger partial charge in [-0.25, -0.2) is 4.83 Å². The van der Waals surface area contributed by atoms with Crippen molar-refractivity contribution >= 4 is 32.2 Å². The van der Waals surface area contributed by atoms with Crippen molar-refractivity contribution in [3.63, 3.8) is 0 Å². The molecule has 0 unspecified atom stereocenters. The third kappa shape index (κ3) is 4.08. The van der Waals surface area contributed by atoms with Crippen molar-refractivity contribution in [1.82, 2.24) is 4.83 Å². The standard InChI is InChI=1S/C15H15BrN2O3S/c1-11-3-7-14(8-4-11)22(19,20)18-17-10-12-5-6-13(21-2)9-15(12)16/h3-10,18H,1-2H3. The molecule has 0 amide bonds. The summed E-state index contributed by atoms with van der Waals surface area (Å²) in [6.07, 6.45) is 1.43. The van der Waals surface area contributed by atoms with E-state index in [9.17, 15) is 8.42 Å². The number of halogens is 1. The smallest absolute Gasteiger partial charge is 0.276 e. The first kappa shape index (κ1) is 16.5. The van der Waals surface area contributed by atoms with Crippen LogP contribution >= 0.6 is 15.9 Å². The van der Waals surface area contributed by atoms with E-state index in [4.69, 9.17) is 4.74 Å². The van der Waals surface area contributed by atoms with E-state index >= 15 is 0 Å². The highest BCUT2D eigenvalue weighted by atomic mass is 79.9. The van der Waals surface area contributed by atoms with Crippen molar-refractivity contribution in [3.05, 3.63) is 58.1 Å². The third-order valence-electron chi connectivity index (χ3n) is 2.92. The topological polar surface area (TPSA) is 67.8 Å². The van der Waals surface area contributed by atoms with Gasteiger partial charge >= 0.3 is 0 Å². The SMILES string of the molecule is COc1ccc(C=NNS(=O)(=O)c2ccc(C)cc2)c(Br)c1. The van der Waals surface area contributed by atoms with Gasteiger partial charge in [0.2, 0.25) is 0 Å². The number of ether oxygens (including phenoxy) is 1. The Bertz CT molecular complexity index is 787. The molecule has 0 atom stereocenters. The fourth-order valence-corrected chi connectivity index (χ4v) is 2.93. The lowest BCUT2D eigenvalue weighted by Crippen LogP contribution is -2.18. The van der Waals surface area contributed by atoms with Gasteiger partial charge in [-0.3, -0.25) is 0 Å². The minimum Gasteiger partial charge on any atom is -0.497 e. The molecule has 22 heavy (non-hydrogen) atoms. The van der Waals surface area contributed by atoms with Crippen LogP contribution in [-0.4, -0.2) is 21.7 Å². The minimum absolute atomic E-state index is 0.170. The monoisotopic (exact) mass is 382 g/mol. The largest absolute Gasteiger partial charge is 0.497 e. The Morgan fingerprint density at radius 1 is 1.18 bits per heavy atom. The van der Waals surface area contributed by atoms with E-state index in [1.54, 1.807) is 37.4 Å². The number of hydrogen-bond acceptors (Lipinski definition) is 4. The van der Waals surface area contributed by atoms with Crippen molar-refractivity contribution in [3.8, 4) is 5.75 Å². The molecule has 0 saturated heterocycles. The second-order valence-corrected chi connectivity index (χ2v) is 7.07. The zero-order valence-corrected chi connectivity index (χ0v) is 14.5. The first-order valence-corrected chi connectivity index (χ1v) is 8.65. The summed E-state index contributed by atoms with van der Waals surface area (Å²) in [4.78, 5) is 2.36. The Balaban J connectivity index is 2.13. The summed E-state index contributed by atoms with van der Waals surface area (Å²) < 4.78 is 30.0. The maximum absolute atomic E-state index is 12.1. The molecule has 0 heterocycles. The zero-order chi connectivity index (χ0) is 16.2. The third-order valence-corrected chi connectivity index (χ3v) is 4.84. The molecular weight excluding hydrogens is 368 g/mol. The van der Waals surface area contributed by atoms with Gasteiger partial charge in [-0.1, -0.05) is 17.7 Å². The van der Waals surface area contributed by atoms with Crippen LogP contribution in [0, 0.1) is 6.92 Å². The molecule has 116 valence electrons. The van der Waals surface area contributed by atoms with E-state index in [0.29, 0.717) is 5.75 Å². The van der Waals surface area contributed by atoms with Crippen LogP contribution in [0.2, 0.25) is 0 Å². The Hall–Kier alpha value is -1.86. The highest BCUT2D eigenvalue weighted by Crippen LogP contribution is 2.21. The molecule has 0 bridgehead atoms. The molecule has 0 saturated carbocycles. The first-order valence-electron chi connectivity index (χ1n) is 6.37. The van der Waals surface area contributed by atoms with E-state index in [2.05, 4.69) is 25.9 Å². The van der Waals surface area contributed by atoms with Crippen molar-refractivity contribution in [2.75, 3.05) is 7.11 Å². The van der Waals surface area contributed by atoms with Gasteiger partial charge in [-0.05, 0) is 53.2 Å². The second kappa shape index (κ2) is 6.93. The fourth-order valence-electron chi connectivity index (χ4n) is 1.67. The summed E-state index contributed by atoms with van der Waals surface area (Å²) in [5.74, 6) is 0.698. The number of sulfonamides is 1. The molecule has 1 N–H and O–H groups in total. The Labute approximate surface area is 138 Å². The number of rotatable bonds is 5. The number of methoxy groups -OCH3 is 1. The van der Waals surface area contributed by atoms with Gasteiger partial charge in [0.25, 0.3) is 10.0 Å². The van der Waals surface area contributed by atoms with Gasteiger partial charge in [-0.2, -0.15) is 13.5 Å². The lowest BCUT2D eigenvalue weighted by Gasteiger charge is -2.05. The fraction of sp³-hybridized carbons (Fsp3) is 0.133. The molecule has 7 heteroatoms. The average Bonchev–Trinajstić information content (AvgIpc) is 2.49. The van der Waals surface area contributed by atoms with Gasteiger partial charge in [-0.15, -0.1) is 0 Å². The quantitative estimate of drug-likeness (QED) is 0.638. The van der Waals surface area contributed by atoms with Crippen LogP contribution < -0.4 is 9.57 Å². The van der Waals surface area contributed by atoms with E-state index in [1.165, 1.54) is 18.3 Å². The zero-order valence-electron chi connectivity index (χ0n) is 12.1. The summed E-state index contributed by atoms with van der Waals surface area (Å²) in [7, 11) is -2.09. The molecular formula is C15H15BrN2O3S. The summed E-state index contributed by atoms with van der Waals surface area (Å²) in [6.45, 7) is 1.89. The van der Waals surface area contributed by atoms with Crippen LogP contribution in [0.1, 0.15) is 11.1 Å². The molecule has 0 spiro atoms. The summed E-state index contributed by atoms with van der Waals surface area (Å²) in [6, 6.07) is 11.9. The van der Waals surface area contributed by atoms with E-state index in [-0.39, 0.29) is 4.90 Å². The van der Waals surface area contributed by atoms with Crippen molar-refractivity contribution in [2.24, 2.45) is 5.10 Å². The molecule has 2 aromatic rings. The van der Waals surface area contributed by atoms with Gasteiger partial charge in [0, 0.05) is 10.0 Å². The molecule has 0 aliphatic heterocycles. The van der Waals surface area contributed by atoms with Crippen LogP contribution in [0.5, 0.6) is 5.75 Å². The number of nitrogens with one attached hydrogen (secondary N) is 1. The van der Waals surface area contributed by atoms with E-state index in [1.807, 2.05) is 6.92 Å². The van der Waals surface area contributed by atoms with Crippen LogP contribution in [0.4, 0.5) is 0 Å². The molecule has 0 radical (unpaired) electrons. The first-order chi connectivity index (χ1) is 10.4. The number of benzene rings is 2. The highest BCUT2D eigenvalue weighted by Gasteiger charge is 2.11. The van der Waals surface area contributed by atoms with Crippen molar-refractivity contribution in [1.29, 1.82) is 0 Å². The summed E-state index contributed by atoms with van der Waals surface area (Å²) >= 11 is 3.37. The van der Waals surface area contributed by atoms with Crippen molar-refractivity contribution in [2.45, 2.75) is 11.8 Å². The van der Waals surface area contributed by atoms with Crippen LogP contribution in [0.3, 0.4) is 0 Å². The number of hydrogen-bond donors (Lipinski definition) is 1. The van der Waals surface area contributed by atoms with Gasteiger partial charge in [0.1, 0.15) is 5.75 Å². The van der Waals surface area contributed by atoms with Crippen molar-refractivity contribution < 1.29 is 13.2 Å². The van der Waals surface area contributed by atoms with E-state index in [0.717, 1.165) is 15.6 Å². The Kier molecular flexibility index (Phi) is 5.20. The molecule has 0 aliphatic rings. The lowest BCUT2D eigenvalue weighted by molar-refractivity contribution is 0.414. The van der Waals surface area contributed by atoms with Gasteiger partial charge in [0.05, 0.1) is 18.2 Å². The molecule has 0 aliphatic carbocycles. The lowest BCUT2D eigenvalue weighted by atomic mass is 10.2. The average molecular weight is 383 g/mol. The van der Waals surface area contributed by atoms with Gasteiger partial charge in [0.15, 0.2) is 0 Å². The predicted octanol–water partition coefficient (Wildman–Crippen LogP) is 3.08. The predicted molar refractivity (Wildman–Crippen MR) is 89.8 cm³/mol. The van der Waals surface area contributed by atoms with Gasteiger partial charge < -0.3 is 4.74 Å². The summed E-state index contributed by atoms with van der Waals surface area (Å²) in [5, 5.41) is 3.79. The number of nitrogens with zero attached hydrogens (tertiary/aromatic N) is 1. The summed E-state index contributed by atoms with van der Waals surface area (Å²) in [5.41, 5.74) is 1.72.